The number of para-hydroxylation sites is 1. The lowest BCUT2D eigenvalue weighted by Gasteiger charge is -2.09. The Balaban J connectivity index is 1.68. The first-order valence-corrected chi connectivity index (χ1v) is 7.83. The summed E-state index contributed by atoms with van der Waals surface area (Å²) in [4.78, 5) is 12.4. The summed E-state index contributed by atoms with van der Waals surface area (Å²) in [7, 11) is 0. The third-order valence-electron chi connectivity index (χ3n) is 3.57. The summed E-state index contributed by atoms with van der Waals surface area (Å²) >= 11 is 0. The Bertz CT molecular complexity index is 819. The molecule has 0 heterocycles. The first kappa shape index (κ1) is 15.8. The average Bonchev–Trinajstić information content (AvgIpc) is 2.57. The highest BCUT2D eigenvalue weighted by molar-refractivity contribution is 6.04. The smallest absolute Gasteiger partial charge is 0.255 e. The van der Waals surface area contributed by atoms with Crippen molar-refractivity contribution in [3.63, 3.8) is 0 Å². The van der Waals surface area contributed by atoms with Gasteiger partial charge < -0.3 is 10.1 Å². The number of carbonyl (C=O) groups is 1. The van der Waals surface area contributed by atoms with Crippen molar-refractivity contribution in [3.05, 3.63) is 89.5 Å². The minimum atomic E-state index is -0.112. The van der Waals surface area contributed by atoms with Crippen LogP contribution < -0.4 is 10.1 Å². The molecule has 0 atom stereocenters. The number of anilines is 1. The fourth-order valence-electron chi connectivity index (χ4n) is 2.54. The van der Waals surface area contributed by atoms with Crippen molar-refractivity contribution in [1.29, 1.82) is 0 Å². The van der Waals surface area contributed by atoms with Crippen LogP contribution in [0.4, 0.5) is 5.69 Å². The van der Waals surface area contributed by atoms with Gasteiger partial charge >= 0.3 is 0 Å². The van der Waals surface area contributed by atoms with E-state index in [1.807, 2.05) is 86.6 Å². The van der Waals surface area contributed by atoms with E-state index >= 15 is 0 Å². The molecule has 120 valence electrons. The Morgan fingerprint density at radius 3 is 2.00 bits per heavy atom. The number of benzene rings is 3. The first-order chi connectivity index (χ1) is 11.6. The molecule has 0 aliphatic carbocycles. The molecule has 0 aromatic heterocycles. The number of nitrogens with one attached hydrogen (secondary N) is 1. The van der Waals surface area contributed by atoms with Gasteiger partial charge in [0.15, 0.2) is 0 Å². The van der Waals surface area contributed by atoms with E-state index in [0.717, 1.165) is 28.3 Å². The lowest BCUT2D eigenvalue weighted by atomic mass is 10.1. The molecule has 3 aromatic rings. The summed E-state index contributed by atoms with van der Waals surface area (Å²) in [6.07, 6.45) is 0. The molecule has 0 aliphatic heterocycles. The van der Waals surface area contributed by atoms with E-state index < -0.39 is 0 Å². The summed E-state index contributed by atoms with van der Waals surface area (Å²) in [5.74, 6) is 1.40. The third kappa shape index (κ3) is 4.02. The molecule has 0 saturated carbocycles. The van der Waals surface area contributed by atoms with Crippen molar-refractivity contribution in [2.45, 2.75) is 13.8 Å². The second-order valence-corrected chi connectivity index (χ2v) is 5.77. The number of carbonyl (C=O) groups excluding carboxylic acids is 1. The van der Waals surface area contributed by atoms with Crippen LogP contribution in [0.1, 0.15) is 21.5 Å². The highest BCUT2D eigenvalue weighted by Crippen LogP contribution is 2.23. The quantitative estimate of drug-likeness (QED) is 0.704. The predicted molar refractivity (Wildman–Crippen MR) is 96.8 cm³/mol. The predicted octanol–water partition coefficient (Wildman–Crippen LogP) is 5.35. The number of amides is 1. The fourth-order valence-corrected chi connectivity index (χ4v) is 2.54. The van der Waals surface area contributed by atoms with E-state index in [1.165, 1.54) is 0 Å². The summed E-state index contributed by atoms with van der Waals surface area (Å²) in [5, 5.41) is 2.91. The van der Waals surface area contributed by atoms with Crippen LogP contribution in [0.15, 0.2) is 72.8 Å². The zero-order valence-electron chi connectivity index (χ0n) is 13.7. The lowest BCUT2D eigenvalue weighted by Crippen LogP contribution is -2.12. The molecule has 0 aliphatic rings. The van der Waals surface area contributed by atoms with E-state index in [1.54, 1.807) is 0 Å². The molecular formula is C21H19NO2. The summed E-state index contributed by atoms with van der Waals surface area (Å²) in [5.41, 5.74) is 3.55. The van der Waals surface area contributed by atoms with Gasteiger partial charge in [0.2, 0.25) is 0 Å². The van der Waals surface area contributed by atoms with Crippen LogP contribution in [-0.4, -0.2) is 5.91 Å². The number of hydrogen-bond acceptors (Lipinski definition) is 2. The Labute approximate surface area is 141 Å². The van der Waals surface area contributed by atoms with Gasteiger partial charge in [-0.3, -0.25) is 4.79 Å². The van der Waals surface area contributed by atoms with Crippen LogP contribution in [0, 0.1) is 13.8 Å². The molecule has 0 fully saturated rings. The molecule has 0 spiro atoms. The molecule has 3 rings (SSSR count). The molecule has 0 radical (unpaired) electrons. The second-order valence-electron chi connectivity index (χ2n) is 5.77. The van der Waals surface area contributed by atoms with Gasteiger partial charge in [0.05, 0.1) is 0 Å². The van der Waals surface area contributed by atoms with Gasteiger partial charge in [-0.15, -0.1) is 0 Å². The second kappa shape index (κ2) is 7.01. The van der Waals surface area contributed by atoms with Crippen molar-refractivity contribution in [2.75, 3.05) is 5.32 Å². The molecule has 1 amide bonds. The number of ether oxygens (including phenoxy) is 1. The minimum absolute atomic E-state index is 0.112. The summed E-state index contributed by atoms with van der Waals surface area (Å²) in [6.45, 7) is 3.97. The van der Waals surface area contributed by atoms with E-state index in [-0.39, 0.29) is 5.91 Å². The van der Waals surface area contributed by atoms with Crippen molar-refractivity contribution in [3.8, 4) is 11.5 Å². The molecule has 0 unspecified atom stereocenters. The topological polar surface area (TPSA) is 38.3 Å². The Kier molecular flexibility index (Phi) is 4.62. The van der Waals surface area contributed by atoms with Crippen molar-refractivity contribution < 1.29 is 9.53 Å². The van der Waals surface area contributed by atoms with Crippen LogP contribution >= 0.6 is 0 Å². The van der Waals surface area contributed by atoms with E-state index in [4.69, 9.17) is 4.74 Å². The zero-order valence-corrected chi connectivity index (χ0v) is 13.7. The van der Waals surface area contributed by atoms with Gasteiger partial charge in [-0.2, -0.15) is 0 Å². The van der Waals surface area contributed by atoms with Gasteiger partial charge in [-0.1, -0.05) is 35.4 Å². The maximum atomic E-state index is 12.4. The largest absolute Gasteiger partial charge is 0.457 e. The number of aryl methyl sites for hydroxylation is 2. The Morgan fingerprint density at radius 1 is 0.792 bits per heavy atom. The van der Waals surface area contributed by atoms with Crippen LogP contribution in [0.5, 0.6) is 11.5 Å². The highest BCUT2D eigenvalue weighted by Gasteiger charge is 2.07. The summed E-state index contributed by atoms with van der Waals surface area (Å²) < 4.78 is 5.74. The average molecular weight is 317 g/mol. The van der Waals surface area contributed by atoms with E-state index in [2.05, 4.69) is 5.32 Å². The summed E-state index contributed by atoms with van der Waals surface area (Å²) in [6, 6.07) is 22.7. The Hall–Kier alpha value is -3.07. The maximum absolute atomic E-state index is 12.4. The minimum Gasteiger partial charge on any atom is -0.457 e. The molecule has 0 saturated heterocycles. The van der Waals surface area contributed by atoms with Gasteiger partial charge in [0.25, 0.3) is 5.91 Å². The van der Waals surface area contributed by atoms with Crippen LogP contribution in [0.25, 0.3) is 0 Å². The molecule has 0 bridgehead atoms. The lowest BCUT2D eigenvalue weighted by molar-refractivity contribution is 0.102. The normalized spacial score (nSPS) is 10.2. The molecule has 24 heavy (non-hydrogen) atoms. The Morgan fingerprint density at radius 2 is 1.38 bits per heavy atom. The van der Waals surface area contributed by atoms with Gasteiger partial charge in [-0.05, 0) is 62.4 Å². The number of rotatable bonds is 4. The molecule has 3 aromatic carbocycles. The van der Waals surface area contributed by atoms with Crippen molar-refractivity contribution in [1.82, 2.24) is 0 Å². The van der Waals surface area contributed by atoms with Crippen LogP contribution in [-0.2, 0) is 0 Å². The first-order valence-electron chi connectivity index (χ1n) is 7.83. The molecule has 3 nitrogen and oxygen atoms in total. The monoisotopic (exact) mass is 317 g/mol. The fraction of sp³-hybridized carbons (Fsp3) is 0.0952. The molecule has 3 heteroatoms. The van der Waals surface area contributed by atoms with Crippen LogP contribution in [0.2, 0.25) is 0 Å². The maximum Gasteiger partial charge on any atom is 0.255 e. The van der Waals surface area contributed by atoms with Gasteiger partial charge in [0.1, 0.15) is 11.5 Å². The highest BCUT2D eigenvalue weighted by atomic mass is 16.5. The van der Waals surface area contributed by atoms with Crippen LogP contribution in [0.3, 0.4) is 0 Å². The van der Waals surface area contributed by atoms with Gasteiger partial charge in [0, 0.05) is 11.3 Å². The molecule has 1 N–H and O–H groups in total. The van der Waals surface area contributed by atoms with E-state index in [9.17, 15) is 4.79 Å². The zero-order chi connectivity index (χ0) is 16.9. The van der Waals surface area contributed by atoms with Crippen molar-refractivity contribution in [2.24, 2.45) is 0 Å². The molecular weight excluding hydrogens is 298 g/mol. The number of hydrogen-bond donors (Lipinski definition) is 1. The van der Waals surface area contributed by atoms with Crippen molar-refractivity contribution >= 4 is 11.6 Å². The SMILES string of the molecule is Cc1cc(C)cc(C(=O)Nc2ccc(Oc3ccccc3)cc2)c1. The third-order valence-corrected chi connectivity index (χ3v) is 3.57. The van der Waals surface area contributed by atoms with E-state index in [0.29, 0.717) is 5.56 Å². The standard InChI is InChI=1S/C21H19NO2/c1-15-12-16(2)14-17(13-15)21(23)22-18-8-10-20(11-9-18)24-19-6-4-3-5-7-19/h3-14H,1-2H3,(H,22,23). The van der Waals surface area contributed by atoms with Gasteiger partial charge in [-0.25, -0.2) is 0 Å².